The summed E-state index contributed by atoms with van der Waals surface area (Å²) in [6.45, 7) is 26.8. The van der Waals surface area contributed by atoms with E-state index in [0.717, 1.165) is 6.42 Å². The molecule has 0 unspecified atom stereocenters. The minimum Gasteiger partial charge on any atom is -0.311 e. The van der Waals surface area contributed by atoms with E-state index < -0.39 is 0 Å². The van der Waals surface area contributed by atoms with Crippen LogP contribution in [0.2, 0.25) is 0 Å². The van der Waals surface area contributed by atoms with Gasteiger partial charge in [0.05, 0.1) is 10.4 Å². The molecule has 2 aliphatic carbocycles. The molecule has 0 amide bonds. The van der Waals surface area contributed by atoms with E-state index in [4.69, 9.17) is 0 Å². The first-order chi connectivity index (χ1) is 30.4. The smallest absolute Gasteiger partial charge is 0.252 e. The number of rotatable bonds is 3. The second-order valence-electron chi connectivity index (χ2n) is 22.5. The van der Waals surface area contributed by atoms with Crippen LogP contribution in [0.3, 0.4) is 0 Å². The number of benzene rings is 7. The van der Waals surface area contributed by atoms with Crippen LogP contribution in [-0.2, 0) is 21.7 Å². The highest BCUT2D eigenvalue weighted by Gasteiger charge is 2.49. The number of hydrogen-bond acceptors (Lipinski definition) is 3. The van der Waals surface area contributed by atoms with Crippen molar-refractivity contribution >= 4 is 88.7 Å². The fraction of sp³-hybridized carbons (Fsp3) is 0.300. The second-order valence-corrected chi connectivity index (χ2v) is 23.5. The SMILES string of the molecule is Cc1ccccc1-c1cc2c3c(c1)N(c1ccccc1C)c1c(ccc4c1sc1ccccc14)B3c1cc3c(cc1N2c1cc2c(cc1C)C(C)(C)CCC2(C)C)C(C)(C)CC3(C)C. The van der Waals surface area contributed by atoms with Crippen molar-refractivity contribution in [2.75, 3.05) is 9.80 Å². The van der Waals surface area contributed by atoms with Crippen molar-refractivity contribution in [3.05, 3.63) is 160 Å². The van der Waals surface area contributed by atoms with Crippen molar-refractivity contribution in [2.45, 2.75) is 117 Å². The van der Waals surface area contributed by atoms with Gasteiger partial charge in [0.25, 0.3) is 6.71 Å². The van der Waals surface area contributed by atoms with Crippen LogP contribution in [-0.4, -0.2) is 6.71 Å². The molecule has 12 rings (SSSR count). The predicted octanol–water partition coefficient (Wildman–Crippen LogP) is 15.0. The van der Waals surface area contributed by atoms with E-state index in [1.165, 1.54) is 134 Å². The quantitative estimate of drug-likeness (QED) is 0.163. The maximum absolute atomic E-state index is 2.74. The van der Waals surface area contributed by atoms with Gasteiger partial charge in [0.15, 0.2) is 0 Å². The van der Waals surface area contributed by atoms with Crippen molar-refractivity contribution in [2.24, 2.45) is 0 Å². The Kier molecular flexibility index (Phi) is 8.28. The molecule has 0 saturated carbocycles. The third-order valence-electron chi connectivity index (χ3n) is 16.3. The minimum atomic E-state index is 0.0326. The van der Waals surface area contributed by atoms with Gasteiger partial charge in [0.1, 0.15) is 0 Å². The molecular formula is C60H59BN2S. The zero-order valence-electron chi connectivity index (χ0n) is 39.5. The topological polar surface area (TPSA) is 6.48 Å². The third kappa shape index (κ3) is 5.51. The Bertz CT molecular complexity index is 3320. The van der Waals surface area contributed by atoms with Crippen LogP contribution >= 0.6 is 11.3 Å². The van der Waals surface area contributed by atoms with Crippen molar-refractivity contribution in [1.82, 2.24) is 0 Å². The molecule has 318 valence electrons. The average molecular weight is 851 g/mol. The Morgan fingerprint density at radius 3 is 1.78 bits per heavy atom. The highest BCUT2D eigenvalue weighted by atomic mass is 32.1. The summed E-state index contributed by atoms with van der Waals surface area (Å²) in [6.07, 6.45) is 3.50. The first-order valence-electron chi connectivity index (χ1n) is 23.6. The van der Waals surface area contributed by atoms with E-state index in [0.29, 0.717) is 0 Å². The van der Waals surface area contributed by atoms with Gasteiger partial charge >= 0.3 is 0 Å². The van der Waals surface area contributed by atoms with Gasteiger partial charge in [-0.15, -0.1) is 11.3 Å². The summed E-state index contributed by atoms with van der Waals surface area (Å²) >= 11 is 1.95. The molecule has 2 aliphatic heterocycles. The summed E-state index contributed by atoms with van der Waals surface area (Å²) in [5.74, 6) is 0. The van der Waals surface area contributed by atoms with Crippen LogP contribution in [0.4, 0.5) is 34.1 Å². The lowest BCUT2D eigenvalue weighted by Gasteiger charge is -2.47. The van der Waals surface area contributed by atoms with Crippen LogP contribution < -0.4 is 26.2 Å². The summed E-state index contributed by atoms with van der Waals surface area (Å²) in [6, 6.07) is 47.7. The molecule has 1 aromatic heterocycles. The Morgan fingerprint density at radius 1 is 0.469 bits per heavy atom. The Hall–Kier alpha value is -5.58. The lowest BCUT2D eigenvalue weighted by molar-refractivity contribution is 0.332. The van der Waals surface area contributed by atoms with Crippen molar-refractivity contribution in [3.63, 3.8) is 0 Å². The molecule has 0 N–H and O–H groups in total. The van der Waals surface area contributed by atoms with Gasteiger partial charge in [-0.3, -0.25) is 0 Å². The number of nitrogens with zero attached hydrogens (tertiary/aromatic N) is 2. The number of thiophene rings is 1. The molecule has 0 radical (unpaired) electrons. The van der Waals surface area contributed by atoms with Crippen LogP contribution in [0.25, 0.3) is 31.3 Å². The zero-order chi connectivity index (χ0) is 44.4. The van der Waals surface area contributed by atoms with Crippen molar-refractivity contribution in [1.29, 1.82) is 0 Å². The summed E-state index contributed by atoms with van der Waals surface area (Å²) in [5, 5.41) is 2.67. The van der Waals surface area contributed by atoms with Gasteiger partial charge in [0.2, 0.25) is 0 Å². The molecule has 0 spiro atoms. The maximum atomic E-state index is 2.74. The number of anilines is 6. The van der Waals surface area contributed by atoms with E-state index >= 15 is 0 Å². The van der Waals surface area contributed by atoms with E-state index in [2.05, 4.69) is 207 Å². The summed E-state index contributed by atoms with van der Waals surface area (Å²) < 4.78 is 2.69. The fourth-order valence-electron chi connectivity index (χ4n) is 13.0. The van der Waals surface area contributed by atoms with Crippen molar-refractivity contribution < 1.29 is 0 Å². The van der Waals surface area contributed by atoms with E-state index in [1.807, 2.05) is 11.3 Å². The minimum absolute atomic E-state index is 0.0326. The second kappa shape index (κ2) is 13.3. The molecule has 2 nitrogen and oxygen atoms in total. The molecule has 0 bridgehead atoms. The Labute approximate surface area is 385 Å². The van der Waals surface area contributed by atoms with Gasteiger partial charge in [-0.25, -0.2) is 0 Å². The molecule has 8 aromatic rings. The van der Waals surface area contributed by atoms with Gasteiger partial charge < -0.3 is 9.80 Å². The molecule has 3 heterocycles. The number of para-hydroxylation sites is 1. The summed E-state index contributed by atoms with van der Waals surface area (Å²) in [7, 11) is 0. The Morgan fingerprint density at radius 2 is 1.06 bits per heavy atom. The summed E-state index contributed by atoms with van der Waals surface area (Å²) in [5.41, 5.74) is 24.7. The lowest BCUT2D eigenvalue weighted by atomic mass is 9.33. The molecule has 0 atom stereocenters. The number of fused-ring (bicyclic) bond motifs is 10. The lowest BCUT2D eigenvalue weighted by Crippen LogP contribution is -2.61. The largest absolute Gasteiger partial charge is 0.311 e. The normalized spacial score (nSPS) is 18.1. The monoisotopic (exact) mass is 850 g/mol. The van der Waals surface area contributed by atoms with Gasteiger partial charge in [-0.2, -0.15) is 0 Å². The van der Waals surface area contributed by atoms with Crippen LogP contribution in [0, 0.1) is 20.8 Å². The number of aryl methyl sites for hydroxylation is 3. The van der Waals surface area contributed by atoms with Crippen LogP contribution in [0.5, 0.6) is 0 Å². The summed E-state index contributed by atoms with van der Waals surface area (Å²) in [4.78, 5) is 5.41. The standard InChI is InChI=1S/C60H59BN2S/c1-35-18-12-14-20-39(35)38-29-51-54-52(30-38)63(48-22-16-13-19-36(48)2)55-46(25-24-41-40-21-15-17-23-53(40)64-56(41)55)61(54)47-31-43-45(60(10,11)34-59(43,8)9)33-50(47)62(51)49-32-44-42(28-37(49)3)57(4,5)26-27-58(44,6)7/h12-25,28-33H,26-27,34H2,1-11H3. The van der Waals surface area contributed by atoms with Gasteiger partial charge in [-0.05, 0) is 165 Å². The van der Waals surface area contributed by atoms with Crippen molar-refractivity contribution in [3.8, 4) is 11.1 Å². The van der Waals surface area contributed by atoms with E-state index in [1.54, 1.807) is 0 Å². The zero-order valence-corrected chi connectivity index (χ0v) is 40.4. The molecular weight excluding hydrogens is 792 g/mol. The fourth-order valence-corrected chi connectivity index (χ4v) is 14.3. The van der Waals surface area contributed by atoms with Crippen LogP contribution in [0.1, 0.15) is 114 Å². The average Bonchev–Trinajstić information content (AvgIpc) is 3.72. The molecule has 0 saturated heterocycles. The van der Waals surface area contributed by atoms with E-state index in [9.17, 15) is 0 Å². The molecule has 64 heavy (non-hydrogen) atoms. The molecule has 7 aromatic carbocycles. The molecule has 4 aliphatic rings. The number of hydrogen-bond donors (Lipinski definition) is 0. The highest BCUT2D eigenvalue weighted by molar-refractivity contribution is 7.26. The van der Waals surface area contributed by atoms with Crippen LogP contribution in [0.15, 0.2) is 121 Å². The Balaban J connectivity index is 1.27. The van der Waals surface area contributed by atoms with Gasteiger partial charge in [0, 0.05) is 43.9 Å². The first-order valence-corrected chi connectivity index (χ1v) is 24.5. The van der Waals surface area contributed by atoms with E-state index in [-0.39, 0.29) is 28.4 Å². The molecule has 0 fully saturated rings. The highest BCUT2D eigenvalue weighted by Crippen LogP contribution is 2.56. The van der Waals surface area contributed by atoms with Gasteiger partial charge in [-0.1, -0.05) is 140 Å². The predicted molar refractivity (Wildman–Crippen MR) is 279 cm³/mol. The maximum Gasteiger partial charge on any atom is 0.252 e. The molecule has 4 heteroatoms. The first kappa shape index (κ1) is 40.0. The third-order valence-corrected chi connectivity index (χ3v) is 17.5.